The molecule has 0 bridgehead atoms. The van der Waals surface area contributed by atoms with Gasteiger partial charge in [0.15, 0.2) is 0 Å². The molecule has 1 aromatic heterocycles. The van der Waals surface area contributed by atoms with E-state index in [2.05, 4.69) is 22.1 Å². The number of amides is 1. The minimum atomic E-state index is -0.175. The third-order valence-corrected chi connectivity index (χ3v) is 3.48. The average molecular weight is 250 g/mol. The molecule has 0 aliphatic carbocycles. The van der Waals surface area contributed by atoms with Crippen molar-refractivity contribution in [2.75, 3.05) is 13.6 Å². The first-order valence-corrected chi connectivity index (χ1v) is 6.70. The van der Waals surface area contributed by atoms with Crippen molar-refractivity contribution in [3.05, 3.63) is 17.2 Å². The maximum Gasteiger partial charge on any atom is 0.242 e. The molecule has 1 aliphatic heterocycles. The minimum absolute atomic E-state index is 0.0473. The lowest BCUT2D eigenvalue weighted by atomic mass is 10.1. The molecule has 0 saturated heterocycles. The van der Waals surface area contributed by atoms with Crippen LogP contribution >= 0.6 is 0 Å². The topological polar surface area (TPSA) is 59.0 Å². The quantitative estimate of drug-likeness (QED) is 0.830. The maximum atomic E-state index is 11.9. The molecule has 100 valence electrons. The van der Waals surface area contributed by atoms with E-state index in [1.54, 1.807) is 7.05 Å². The highest BCUT2D eigenvalue weighted by Crippen LogP contribution is 2.22. The Morgan fingerprint density at radius 3 is 3.06 bits per heavy atom. The maximum absolute atomic E-state index is 11.9. The molecule has 0 fully saturated rings. The van der Waals surface area contributed by atoms with Crippen LogP contribution in [0.15, 0.2) is 0 Å². The number of imidazole rings is 1. The lowest BCUT2D eigenvalue weighted by molar-refractivity contribution is -0.123. The lowest BCUT2D eigenvalue weighted by Crippen LogP contribution is -2.31. The van der Waals surface area contributed by atoms with Crippen LogP contribution in [0.3, 0.4) is 0 Å². The highest BCUT2D eigenvalue weighted by molar-refractivity contribution is 5.79. The van der Waals surface area contributed by atoms with E-state index in [0.717, 1.165) is 43.9 Å². The van der Waals surface area contributed by atoms with Crippen molar-refractivity contribution < 1.29 is 4.79 Å². The van der Waals surface area contributed by atoms with Crippen LogP contribution in [0, 0.1) is 0 Å². The van der Waals surface area contributed by atoms with E-state index in [-0.39, 0.29) is 11.9 Å². The standard InChI is InChI=1S/C13H22N4O/c1-4-5-12-16-10-8-15-7-6-11(10)17(12)9(2)13(18)14-3/h9,15H,4-8H2,1-3H3,(H,14,18). The van der Waals surface area contributed by atoms with Crippen molar-refractivity contribution in [3.8, 4) is 0 Å². The predicted octanol–water partition coefficient (Wildman–Crippen LogP) is 0.788. The Morgan fingerprint density at radius 1 is 1.61 bits per heavy atom. The molecule has 2 heterocycles. The SMILES string of the molecule is CCCc1nc2c(n1C(C)C(=O)NC)CCNC2. The summed E-state index contributed by atoms with van der Waals surface area (Å²) in [6.45, 7) is 5.87. The molecule has 1 unspecified atom stereocenters. The molecule has 2 N–H and O–H groups in total. The fraction of sp³-hybridized carbons (Fsp3) is 0.692. The summed E-state index contributed by atoms with van der Waals surface area (Å²) in [5.74, 6) is 1.09. The van der Waals surface area contributed by atoms with Crippen LogP contribution in [0.5, 0.6) is 0 Å². The second-order valence-electron chi connectivity index (χ2n) is 4.76. The molecule has 5 nitrogen and oxygen atoms in total. The Labute approximate surface area is 108 Å². The van der Waals surface area contributed by atoms with Crippen molar-refractivity contribution in [1.82, 2.24) is 20.2 Å². The molecule has 1 amide bonds. The molecular weight excluding hydrogens is 228 g/mol. The van der Waals surface area contributed by atoms with Gasteiger partial charge in [-0.15, -0.1) is 0 Å². The molecule has 0 radical (unpaired) electrons. The van der Waals surface area contributed by atoms with Crippen molar-refractivity contribution in [1.29, 1.82) is 0 Å². The van der Waals surface area contributed by atoms with Gasteiger partial charge in [-0.2, -0.15) is 0 Å². The fourth-order valence-corrected chi connectivity index (χ4v) is 2.57. The highest BCUT2D eigenvalue weighted by Gasteiger charge is 2.25. The summed E-state index contributed by atoms with van der Waals surface area (Å²) >= 11 is 0. The molecule has 5 heteroatoms. The molecule has 0 spiro atoms. The van der Waals surface area contributed by atoms with Gasteiger partial charge in [-0.25, -0.2) is 4.98 Å². The van der Waals surface area contributed by atoms with Crippen LogP contribution in [-0.4, -0.2) is 29.1 Å². The molecular formula is C13H22N4O. The number of likely N-dealkylation sites (N-methyl/N-ethyl adjacent to an activating group) is 1. The number of carbonyl (C=O) groups excluding carboxylic acids is 1. The van der Waals surface area contributed by atoms with Gasteiger partial charge in [-0.3, -0.25) is 4.79 Å². The number of fused-ring (bicyclic) bond motifs is 1. The van der Waals surface area contributed by atoms with Crippen LogP contribution < -0.4 is 10.6 Å². The summed E-state index contributed by atoms with van der Waals surface area (Å²) in [6, 6.07) is -0.175. The van der Waals surface area contributed by atoms with E-state index in [1.165, 1.54) is 5.69 Å². The Morgan fingerprint density at radius 2 is 2.39 bits per heavy atom. The van der Waals surface area contributed by atoms with E-state index in [1.807, 2.05) is 6.92 Å². The Hall–Kier alpha value is -1.36. The van der Waals surface area contributed by atoms with E-state index < -0.39 is 0 Å². The largest absolute Gasteiger partial charge is 0.357 e. The third kappa shape index (κ3) is 2.27. The van der Waals surface area contributed by atoms with E-state index >= 15 is 0 Å². The van der Waals surface area contributed by atoms with Crippen LogP contribution in [0.1, 0.15) is 43.5 Å². The number of rotatable bonds is 4. The molecule has 1 aliphatic rings. The van der Waals surface area contributed by atoms with E-state index in [4.69, 9.17) is 4.98 Å². The number of carbonyl (C=O) groups is 1. The molecule has 1 aromatic rings. The normalized spacial score (nSPS) is 16.2. The third-order valence-electron chi connectivity index (χ3n) is 3.48. The van der Waals surface area contributed by atoms with E-state index in [9.17, 15) is 4.79 Å². The Balaban J connectivity index is 2.41. The van der Waals surface area contributed by atoms with Crippen LogP contribution in [-0.2, 0) is 24.2 Å². The average Bonchev–Trinajstić information content (AvgIpc) is 2.75. The number of nitrogens with zero attached hydrogens (tertiary/aromatic N) is 2. The number of aryl methyl sites for hydroxylation is 1. The van der Waals surface area contributed by atoms with Gasteiger partial charge in [-0.1, -0.05) is 6.92 Å². The summed E-state index contributed by atoms with van der Waals surface area (Å²) in [7, 11) is 1.68. The summed E-state index contributed by atoms with van der Waals surface area (Å²) in [4.78, 5) is 16.6. The summed E-state index contributed by atoms with van der Waals surface area (Å²) in [6.07, 6.45) is 2.92. The van der Waals surface area contributed by atoms with Gasteiger partial charge in [-0.05, 0) is 13.3 Å². The van der Waals surface area contributed by atoms with Gasteiger partial charge in [0.05, 0.1) is 5.69 Å². The lowest BCUT2D eigenvalue weighted by Gasteiger charge is -2.20. The van der Waals surface area contributed by atoms with Gasteiger partial charge < -0.3 is 15.2 Å². The minimum Gasteiger partial charge on any atom is -0.357 e. The predicted molar refractivity (Wildman–Crippen MR) is 70.4 cm³/mol. The number of aromatic nitrogens is 2. The Bertz CT molecular complexity index is 438. The highest BCUT2D eigenvalue weighted by atomic mass is 16.2. The zero-order valence-electron chi connectivity index (χ0n) is 11.4. The first kappa shape index (κ1) is 13.1. The smallest absolute Gasteiger partial charge is 0.242 e. The number of nitrogens with one attached hydrogen (secondary N) is 2. The van der Waals surface area contributed by atoms with Crippen molar-refractivity contribution >= 4 is 5.91 Å². The van der Waals surface area contributed by atoms with Gasteiger partial charge in [0.1, 0.15) is 11.9 Å². The van der Waals surface area contributed by atoms with Gasteiger partial charge in [0, 0.05) is 38.7 Å². The molecule has 1 atom stereocenters. The van der Waals surface area contributed by atoms with E-state index in [0.29, 0.717) is 0 Å². The monoisotopic (exact) mass is 250 g/mol. The molecule has 18 heavy (non-hydrogen) atoms. The zero-order valence-corrected chi connectivity index (χ0v) is 11.4. The second kappa shape index (κ2) is 5.52. The van der Waals surface area contributed by atoms with Crippen molar-refractivity contribution in [3.63, 3.8) is 0 Å². The molecule has 2 rings (SSSR count). The number of hydrogen-bond donors (Lipinski definition) is 2. The van der Waals surface area contributed by atoms with Crippen LogP contribution in [0.4, 0.5) is 0 Å². The van der Waals surface area contributed by atoms with Crippen molar-refractivity contribution in [2.24, 2.45) is 0 Å². The summed E-state index contributed by atoms with van der Waals surface area (Å²) in [5.41, 5.74) is 2.34. The molecule has 0 saturated carbocycles. The van der Waals surface area contributed by atoms with Gasteiger partial charge in [0.2, 0.25) is 5.91 Å². The zero-order chi connectivity index (χ0) is 13.1. The molecule has 0 aromatic carbocycles. The van der Waals surface area contributed by atoms with Crippen molar-refractivity contribution in [2.45, 2.75) is 45.7 Å². The van der Waals surface area contributed by atoms with Crippen LogP contribution in [0.2, 0.25) is 0 Å². The summed E-state index contributed by atoms with van der Waals surface area (Å²) < 4.78 is 2.14. The summed E-state index contributed by atoms with van der Waals surface area (Å²) in [5, 5.41) is 6.06. The first-order valence-electron chi connectivity index (χ1n) is 6.70. The van der Waals surface area contributed by atoms with Crippen LogP contribution in [0.25, 0.3) is 0 Å². The second-order valence-corrected chi connectivity index (χ2v) is 4.76. The Kier molecular flexibility index (Phi) is 4.01. The number of hydrogen-bond acceptors (Lipinski definition) is 3. The van der Waals surface area contributed by atoms with Gasteiger partial charge in [0.25, 0.3) is 0 Å². The van der Waals surface area contributed by atoms with Gasteiger partial charge >= 0.3 is 0 Å². The first-order chi connectivity index (χ1) is 8.69. The fourth-order valence-electron chi connectivity index (χ4n) is 2.57.